The number of ether oxygens (including phenoxy) is 2. The molecule has 0 spiro atoms. The molecule has 8 nitrogen and oxygen atoms in total. The van der Waals surface area contributed by atoms with Crippen LogP contribution in [0.25, 0.3) is 0 Å². The molecule has 1 atom stereocenters. The van der Waals surface area contributed by atoms with Crippen LogP contribution < -0.4 is 20.5 Å². The average molecular weight is 394 g/mol. The Labute approximate surface area is 168 Å². The summed E-state index contributed by atoms with van der Waals surface area (Å²) >= 11 is 0. The van der Waals surface area contributed by atoms with Gasteiger partial charge in [0.25, 0.3) is 5.91 Å². The molecule has 150 valence electrons. The molecule has 0 radical (unpaired) electrons. The standard InChI is InChI=1S/C21H22N4O4/c1-4-19(26)23-12-14-6-8-18-20(21(22)27)17(24-25(14)18)7-5-13-9-15(28-2)11-16(10-13)29-3/h4,9-11,14H,1,6,8,12H2,2-3H3,(H2,22,27)(H,23,26). The van der Waals surface area contributed by atoms with Gasteiger partial charge in [0.2, 0.25) is 5.91 Å². The number of benzene rings is 1. The molecule has 0 saturated heterocycles. The lowest BCUT2D eigenvalue weighted by Gasteiger charge is -2.11. The summed E-state index contributed by atoms with van der Waals surface area (Å²) in [5.41, 5.74) is 7.63. The van der Waals surface area contributed by atoms with Crippen molar-refractivity contribution in [1.29, 1.82) is 0 Å². The monoisotopic (exact) mass is 394 g/mol. The van der Waals surface area contributed by atoms with Gasteiger partial charge in [-0.05, 0) is 37.0 Å². The Hall–Kier alpha value is -3.73. The van der Waals surface area contributed by atoms with Gasteiger partial charge in [-0.1, -0.05) is 12.5 Å². The third-order valence-corrected chi connectivity index (χ3v) is 4.69. The molecule has 1 unspecified atom stereocenters. The van der Waals surface area contributed by atoms with Crippen molar-refractivity contribution in [2.45, 2.75) is 18.9 Å². The summed E-state index contributed by atoms with van der Waals surface area (Å²) < 4.78 is 12.2. The fourth-order valence-electron chi connectivity index (χ4n) is 3.27. The highest BCUT2D eigenvalue weighted by Crippen LogP contribution is 2.29. The third kappa shape index (κ3) is 4.24. The van der Waals surface area contributed by atoms with Crippen LogP contribution in [0, 0.1) is 11.8 Å². The largest absolute Gasteiger partial charge is 0.497 e. The van der Waals surface area contributed by atoms with Crippen molar-refractivity contribution >= 4 is 11.8 Å². The summed E-state index contributed by atoms with van der Waals surface area (Å²) in [4.78, 5) is 23.5. The van der Waals surface area contributed by atoms with Crippen molar-refractivity contribution < 1.29 is 19.1 Å². The Morgan fingerprint density at radius 3 is 2.59 bits per heavy atom. The van der Waals surface area contributed by atoms with Gasteiger partial charge in [-0.3, -0.25) is 14.3 Å². The smallest absolute Gasteiger partial charge is 0.253 e. The minimum atomic E-state index is -0.574. The van der Waals surface area contributed by atoms with E-state index < -0.39 is 5.91 Å². The topological polar surface area (TPSA) is 108 Å². The molecule has 29 heavy (non-hydrogen) atoms. The molecule has 0 fully saturated rings. The minimum absolute atomic E-state index is 0.0699. The fraction of sp³-hybridized carbons (Fsp3) is 0.286. The highest BCUT2D eigenvalue weighted by Gasteiger charge is 2.30. The maximum absolute atomic E-state index is 12.1. The lowest BCUT2D eigenvalue weighted by Crippen LogP contribution is -2.28. The highest BCUT2D eigenvalue weighted by atomic mass is 16.5. The van der Waals surface area contributed by atoms with Gasteiger partial charge in [-0.25, -0.2) is 0 Å². The van der Waals surface area contributed by atoms with Crippen molar-refractivity contribution in [2.24, 2.45) is 5.73 Å². The van der Waals surface area contributed by atoms with Gasteiger partial charge in [-0.15, -0.1) is 0 Å². The van der Waals surface area contributed by atoms with Gasteiger partial charge in [0.15, 0.2) is 0 Å². The van der Waals surface area contributed by atoms with E-state index in [1.54, 1.807) is 37.1 Å². The first-order chi connectivity index (χ1) is 14.0. The van der Waals surface area contributed by atoms with Gasteiger partial charge < -0.3 is 20.5 Å². The quantitative estimate of drug-likeness (QED) is 0.565. The van der Waals surface area contributed by atoms with Crippen LogP contribution in [0.4, 0.5) is 0 Å². The summed E-state index contributed by atoms with van der Waals surface area (Å²) in [7, 11) is 3.12. The Morgan fingerprint density at radius 1 is 1.31 bits per heavy atom. The highest BCUT2D eigenvalue weighted by molar-refractivity contribution is 5.96. The van der Waals surface area contributed by atoms with Crippen LogP contribution in [0.3, 0.4) is 0 Å². The first-order valence-electron chi connectivity index (χ1n) is 9.03. The summed E-state index contributed by atoms with van der Waals surface area (Å²) in [5.74, 6) is 6.31. The average Bonchev–Trinajstić information content (AvgIpc) is 3.28. The van der Waals surface area contributed by atoms with Crippen LogP contribution in [0.5, 0.6) is 11.5 Å². The summed E-state index contributed by atoms with van der Waals surface area (Å²) in [6.07, 6.45) is 2.60. The Balaban J connectivity index is 1.94. The van der Waals surface area contributed by atoms with E-state index in [0.717, 1.165) is 12.1 Å². The number of rotatable bonds is 6. The molecule has 2 heterocycles. The number of nitrogens with zero attached hydrogens (tertiary/aromatic N) is 2. The number of nitrogens with one attached hydrogen (secondary N) is 1. The van der Waals surface area contributed by atoms with E-state index in [1.807, 2.05) is 0 Å². The second-order valence-corrected chi connectivity index (χ2v) is 6.47. The van der Waals surface area contributed by atoms with E-state index in [-0.39, 0.29) is 11.9 Å². The molecule has 1 aromatic heterocycles. The number of aromatic nitrogens is 2. The maximum Gasteiger partial charge on any atom is 0.253 e. The minimum Gasteiger partial charge on any atom is -0.497 e. The van der Waals surface area contributed by atoms with Gasteiger partial charge in [0, 0.05) is 18.2 Å². The molecule has 0 aliphatic carbocycles. The summed E-state index contributed by atoms with van der Waals surface area (Å²) in [6.45, 7) is 3.82. The molecule has 8 heteroatoms. The normalized spacial score (nSPS) is 14.3. The zero-order valence-electron chi connectivity index (χ0n) is 16.3. The van der Waals surface area contributed by atoms with Crippen molar-refractivity contribution in [3.05, 3.63) is 53.4 Å². The number of hydrogen-bond donors (Lipinski definition) is 2. The molecular formula is C21H22N4O4. The SMILES string of the molecule is C=CC(=O)NCC1CCc2c(C(N)=O)c(C#Cc3cc(OC)cc(OC)c3)nn21. The molecule has 3 N–H and O–H groups in total. The van der Waals surface area contributed by atoms with Gasteiger partial charge >= 0.3 is 0 Å². The van der Waals surface area contributed by atoms with Gasteiger partial charge in [0.1, 0.15) is 17.2 Å². The third-order valence-electron chi connectivity index (χ3n) is 4.69. The van der Waals surface area contributed by atoms with Crippen LogP contribution in [-0.2, 0) is 11.2 Å². The summed E-state index contributed by atoms with van der Waals surface area (Å²) in [5, 5.41) is 7.26. The molecular weight excluding hydrogens is 372 g/mol. The first kappa shape index (κ1) is 20.0. The maximum atomic E-state index is 12.1. The molecule has 0 bridgehead atoms. The van der Waals surface area contributed by atoms with Crippen molar-refractivity contribution in [2.75, 3.05) is 20.8 Å². The number of nitrogens with two attached hydrogens (primary N) is 1. The zero-order chi connectivity index (χ0) is 21.0. The fourth-order valence-corrected chi connectivity index (χ4v) is 3.27. The number of carbonyl (C=O) groups excluding carboxylic acids is 2. The number of fused-ring (bicyclic) bond motifs is 1. The predicted molar refractivity (Wildman–Crippen MR) is 107 cm³/mol. The summed E-state index contributed by atoms with van der Waals surface area (Å²) in [6, 6.07) is 5.19. The van der Waals surface area contributed by atoms with E-state index >= 15 is 0 Å². The number of primary amides is 1. The van der Waals surface area contributed by atoms with E-state index in [9.17, 15) is 9.59 Å². The molecule has 0 saturated carbocycles. The predicted octanol–water partition coefficient (Wildman–Crippen LogP) is 1.19. The number of methoxy groups -OCH3 is 2. The second-order valence-electron chi connectivity index (χ2n) is 6.47. The van der Waals surface area contributed by atoms with Crippen molar-refractivity contribution in [1.82, 2.24) is 15.1 Å². The molecule has 3 rings (SSSR count). The molecule has 1 aromatic carbocycles. The van der Waals surface area contributed by atoms with Crippen LogP contribution in [0.15, 0.2) is 30.9 Å². The first-order valence-corrected chi connectivity index (χ1v) is 9.03. The van der Waals surface area contributed by atoms with Crippen LogP contribution in [0.1, 0.15) is 39.8 Å². The zero-order valence-corrected chi connectivity index (χ0v) is 16.3. The van der Waals surface area contributed by atoms with Gasteiger partial charge in [0.05, 0.1) is 31.5 Å². The molecule has 2 amide bonds. The Kier molecular flexibility index (Phi) is 5.88. The van der Waals surface area contributed by atoms with Crippen LogP contribution in [0.2, 0.25) is 0 Å². The lowest BCUT2D eigenvalue weighted by atomic mass is 10.1. The molecule has 1 aliphatic rings. The van der Waals surface area contributed by atoms with E-state index in [2.05, 4.69) is 28.8 Å². The molecule has 2 aromatic rings. The Morgan fingerprint density at radius 2 is 2.00 bits per heavy atom. The number of amides is 2. The Bertz CT molecular complexity index is 1010. The lowest BCUT2D eigenvalue weighted by molar-refractivity contribution is -0.116. The van der Waals surface area contributed by atoms with Crippen LogP contribution >= 0.6 is 0 Å². The van der Waals surface area contributed by atoms with E-state index in [4.69, 9.17) is 15.2 Å². The van der Waals surface area contributed by atoms with Crippen molar-refractivity contribution in [3.63, 3.8) is 0 Å². The number of hydrogen-bond acceptors (Lipinski definition) is 5. The van der Waals surface area contributed by atoms with Crippen molar-refractivity contribution in [3.8, 4) is 23.3 Å². The van der Waals surface area contributed by atoms with E-state index in [0.29, 0.717) is 41.3 Å². The van der Waals surface area contributed by atoms with Gasteiger partial charge in [-0.2, -0.15) is 5.10 Å². The second kappa shape index (κ2) is 8.52. The number of carbonyl (C=O) groups is 2. The molecule has 1 aliphatic heterocycles. The van der Waals surface area contributed by atoms with Crippen LogP contribution in [-0.4, -0.2) is 42.4 Å². The van der Waals surface area contributed by atoms with E-state index in [1.165, 1.54) is 6.08 Å².